The predicted molar refractivity (Wildman–Crippen MR) is 84.5 cm³/mol. The lowest BCUT2D eigenvalue weighted by Gasteiger charge is -2.34. The van der Waals surface area contributed by atoms with Gasteiger partial charge in [0.2, 0.25) is 0 Å². The number of benzene rings is 1. The van der Waals surface area contributed by atoms with Crippen LogP contribution in [-0.4, -0.2) is 29.3 Å². The number of rotatable bonds is 1. The normalized spacial score (nSPS) is 23.8. The highest BCUT2D eigenvalue weighted by atomic mass is 35.5. The Morgan fingerprint density at radius 1 is 1.25 bits per heavy atom. The van der Waals surface area contributed by atoms with Crippen LogP contribution in [0, 0.1) is 5.92 Å². The number of carbonyl (C=O) groups excluding carboxylic acids is 1. The molecule has 2 rings (SSSR count). The molecule has 0 saturated carbocycles. The van der Waals surface area contributed by atoms with Gasteiger partial charge in [-0.15, -0.1) is 11.6 Å². The van der Waals surface area contributed by atoms with Crippen molar-refractivity contribution in [2.75, 3.05) is 13.1 Å². The molecule has 2 unspecified atom stereocenters. The molecule has 0 aliphatic carbocycles. The van der Waals surface area contributed by atoms with E-state index in [-0.39, 0.29) is 16.7 Å². The van der Waals surface area contributed by atoms with Crippen molar-refractivity contribution < 1.29 is 4.79 Å². The third-order valence-electron chi connectivity index (χ3n) is 4.09. The summed E-state index contributed by atoms with van der Waals surface area (Å²) in [4.78, 5) is 14.4. The minimum atomic E-state index is 0.118. The molecule has 1 saturated heterocycles. The largest absolute Gasteiger partial charge is 0.338 e. The van der Waals surface area contributed by atoms with Crippen molar-refractivity contribution in [1.82, 2.24) is 4.90 Å². The lowest BCUT2D eigenvalue weighted by Crippen LogP contribution is -2.43. The van der Waals surface area contributed by atoms with E-state index in [9.17, 15) is 4.79 Å². The number of carbonyl (C=O) groups is 1. The molecule has 2 atom stereocenters. The number of hydrogen-bond donors (Lipinski definition) is 0. The lowest BCUT2D eigenvalue weighted by atomic mass is 9.86. The zero-order valence-electron chi connectivity index (χ0n) is 12.8. The first kappa shape index (κ1) is 15.4. The summed E-state index contributed by atoms with van der Waals surface area (Å²) in [7, 11) is 0. The Bertz CT molecular complexity index is 475. The van der Waals surface area contributed by atoms with E-state index in [0.29, 0.717) is 5.92 Å². The maximum atomic E-state index is 12.5. The molecule has 1 heterocycles. The molecule has 3 heteroatoms. The van der Waals surface area contributed by atoms with E-state index in [2.05, 4.69) is 39.8 Å². The summed E-state index contributed by atoms with van der Waals surface area (Å²) in [5, 5.41) is 0.197. The third kappa shape index (κ3) is 3.35. The second-order valence-electron chi connectivity index (χ2n) is 6.86. The second kappa shape index (κ2) is 5.77. The average Bonchev–Trinajstić information content (AvgIpc) is 2.40. The Labute approximate surface area is 127 Å². The number of alkyl halides is 1. The summed E-state index contributed by atoms with van der Waals surface area (Å²) in [5.41, 5.74) is 2.15. The number of likely N-dealkylation sites (tertiary alicyclic amines) is 1. The molecular weight excluding hydrogens is 270 g/mol. The van der Waals surface area contributed by atoms with Crippen molar-refractivity contribution >= 4 is 17.5 Å². The maximum absolute atomic E-state index is 12.5. The van der Waals surface area contributed by atoms with Gasteiger partial charge in [-0.1, -0.05) is 39.8 Å². The smallest absolute Gasteiger partial charge is 0.253 e. The first-order chi connectivity index (χ1) is 9.29. The first-order valence-electron chi connectivity index (χ1n) is 7.33. The van der Waals surface area contributed by atoms with Gasteiger partial charge in [-0.2, -0.15) is 0 Å². The molecule has 1 fully saturated rings. The third-order valence-corrected chi connectivity index (χ3v) is 4.73. The standard InChI is InChI=1S/C17H24ClNO/c1-12-11-19(10-9-15(12)18)16(20)13-5-7-14(8-6-13)17(2,3)4/h5-8,12,15H,9-11H2,1-4H3. The topological polar surface area (TPSA) is 20.3 Å². The minimum Gasteiger partial charge on any atom is -0.338 e. The van der Waals surface area contributed by atoms with Crippen LogP contribution in [0.25, 0.3) is 0 Å². The van der Waals surface area contributed by atoms with Gasteiger partial charge < -0.3 is 4.90 Å². The number of nitrogens with zero attached hydrogens (tertiary/aromatic N) is 1. The first-order valence-corrected chi connectivity index (χ1v) is 7.76. The number of piperidine rings is 1. The van der Waals surface area contributed by atoms with Gasteiger partial charge in [-0.05, 0) is 35.4 Å². The summed E-state index contributed by atoms with van der Waals surface area (Å²) in [6.07, 6.45) is 0.883. The van der Waals surface area contributed by atoms with Gasteiger partial charge in [0.1, 0.15) is 0 Å². The Balaban J connectivity index is 2.10. The van der Waals surface area contributed by atoms with Crippen LogP contribution in [0.3, 0.4) is 0 Å². The molecule has 1 aliphatic heterocycles. The number of halogens is 1. The van der Waals surface area contributed by atoms with E-state index in [4.69, 9.17) is 11.6 Å². The van der Waals surface area contributed by atoms with Crippen molar-refractivity contribution in [1.29, 1.82) is 0 Å². The zero-order chi connectivity index (χ0) is 14.9. The van der Waals surface area contributed by atoms with Crippen LogP contribution in [0.4, 0.5) is 0 Å². The maximum Gasteiger partial charge on any atom is 0.253 e. The summed E-state index contributed by atoms with van der Waals surface area (Å²) in [5.74, 6) is 0.490. The highest BCUT2D eigenvalue weighted by Gasteiger charge is 2.27. The van der Waals surface area contributed by atoms with E-state index in [1.807, 2.05) is 17.0 Å². The van der Waals surface area contributed by atoms with E-state index in [1.165, 1.54) is 5.56 Å². The summed E-state index contributed by atoms with van der Waals surface area (Å²) >= 11 is 6.22. The molecule has 1 aromatic carbocycles. The van der Waals surface area contributed by atoms with Crippen molar-refractivity contribution in [3.8, 4) is 0 Å². The van der Waals surface area contributed by atoms with E-state index in [1.54, 1.807) is 0 Å². The zero-order valence-corrected chi connectivity index (χ0v) is 13.6. The van der Waals surface area contributed by atoms with Gasteiger partial charge in [0, 0.05) is 24.0 Å². The molecule has 110 valence electrons. The van der Waals surface area contributed by atoms with Gasteiger partial charge in [-0.25, -0.2) is 0 Å². The van der Waals surface area contributed by atoms with Gasteiger partial charge in [-0.3, -0.25) is 4.79 Å². The molecule has 0 aromatic heterocycles. The average molecular weight is 294 g/mol. The molecule has 1 aromatic rings. The minimum absolute atomic E-state index is 0.118. The second-order valence-corrected chi connectivity index (χ2v) is 7.42. The summed E-state index contributed by atoms with van der Waals surface area (Å²) < 4.78 is 0. The quantitative estimate of drug-likeness (QED) is 0.715. The molecule has 0 spiro atoms. The van der Waals surface area contributed by atoms with Crippen molar-refractivity contribution in [2.45, 2.75) is 44.9 Å². The van der Waals surface area contributed by atoms with Crippen LogP contribution in [-0.2, 0) is 5.41 Å². The molecule has 2 nitrogen and oxygen atoms in total. The predicted octanol–water partition coefficient (Wildman–Crippen LogP) is 4.07. The highest BCUT2D eigenvalue weighted by molar-refractivity contribution is 6.20. The van der Waals surface area contributed by atoms with E-state index in [0.717, 1.165) is 25.1 Å². The Hall–Kier alpha value is -1.02. The lowest BCUT2D eigenvalue weighted by molar-refractivity contribution is 0.0687. The van der Waals surface area contributed by atoms with Crippen LogP contribution in [0.15, 0.2) is 24.3 Å². The summed E-state index contributed by atoms with van der Waals surface area (Å²) in [6.45, 7) is 10.2. The van der Waals surface area contributed by atoms with Crippen LogP contribution in [0.5, 0.6) is 0 Å². The Morgan fingerprint density at radius 3 is 2.35 bits per heavy atom. The number of hydrogen-bond acceptors (Lipinski definition) is 1. The van der Waals surface area contributed by atoms with Crippen LogP contribution in [0.1, 0.15) is 50.0 Å². The highest BCUT2D eigenvalue weighted by Crippen LogP contribution is 2.25. The van der Waals surface area contributed by atoms with E-state index < -0.39 is 0 Å². The summed E-state index contributed by atoms with van der Waals surface area (Å²) in [6, 6.07) is 8.01. The van der Waals surface area contributed by atoms with Gasteiger partial charge in [0.05, 0.1) is 0 Å². The molecule has 0 N–H and O–H groups in total. The number of amides is 1. The Morgan fingerprint density at radius 2 is 1.85 bits per heavy atom. The van der Waals surface area contributed by atoms with Crippen LogP contribution < -0.4 is 0 Å². The monoisotopic (exact) mass is 293 g/mol. The molecule has 0 radical (unpaired) electrons. The molecule has 1 aliphatic rings. The Kier molecular flexibility index (Phi) is 4.43. The van der Waals surface area contributed by atoms with Crippen molar-refractivity contribution in [3.05, 3.63) is 35.4 Å². The molecule has 1 amide bonds. The fourth-order valence-electron chi connectivity index (χ4n) is 2.60. The SMILES string of the molecule is CC1CN(C(=O)c2ccc(C(C)(C)C)cc2)CCC1Cl. The van der Waals surface area contributed by atoms with Gasteiger partial charge in [0.25, 0.3) is 5.91 Å². The van der Waals surface area contributed by atoms with Gasteiger partial charge >= 0.3 is 0 Å². The van der Waals surface area contributed by atoms with Crippen LogP contribution >= 0.6 is 11.6 Å². The fourth-order valence-corrected chi connectivity index (χ4v) is 2.77. The molecule has 20 heavy (non-hydrogen) atoms. The molecular formula is C17H24ClNO. The van der Waals surface area contributed by atoms with Crippen molar-refractivity contribution in [3.63, 3.8) is 0 Å². The van der Waals surface area contributed by atoms with Gasteiger partial charge in [0.15, 0.2) is 0 Å². The molecule has 0 bridgehead atoms. The van der Waals surface area contributed by atoms with Crippen LogP contribution in [0.2, 0.25) is 0 Å². The van der Waals surface area contributed by atoms with Crippen molar-refractivity contribution in [2.24, 2.45) is 5.92 Å². The van der Waals surface area contributed by atoms with E-state index >= 15 is 0 Å². The fraction of sp³-hybridized carbons (Fsp3) is 0.588.